The van der Waals surface area contributed by atoms with Crippen molar-refractivity contribution in [3.05, 3.63) is 63.9 Å². The van der Waals surface area contributed by atoms with Crippen LogP contribution in [0.1, 0.15) is 6.04 Å². The van der Waals surface area contributed by atoms with Crippen LogP contribution in [0.5, 0.6) is 0 Å². The van der Waals surface area contributed by atoms with Crippen molar-refractivity contribution >= 4 is 46.0 Å². The summed E-state index contributed by atoms with van der Waals surface area (Å²) in [5.74, 6) is 1.71. The molecule has 1 unspecified atom stereocenters. The lowest BCUT2D eigenvalue weighted by Gasteiger charge is -2.13. The van der Waals surface area contributed by atoms with Gasteiger partial charge in [0.15, 0.2) is 5.16 Å². The highest BCUT2D eigenvalue weighted by molar-refractivity contribution is 8.00. The highest BCUT2D eigenvalue weighted by Gasteiger charge is 2.26. The van der Waals surface area contributed by atoms with E-state index in [1.807, 2.05) is 53.1 Å². The average Bonchev–Trinajstić information content (AvgIpc) is 2.96. The molecule has 6 heteroatoms. The first-order valence-electron chi connectivity index (χ1n) is 7.25. The maximum absolute atomic E-state index is 12.8. The molecule has 0 radical (unpaired) electrons. The first-order valence-corrected chi connectivity index (χ1v) is 9.60. The van der Waals surface area contributed by atoms with Crippen molar-refractivity contribution in [2.24, 2.45) is 0 Å². The fourth-order valence-corrected chi connectivity index (χ4v) is 5.25. The van der Waals surface area contributed by atoms with Gasteiger partial charge in [0.1, 0.15) is 0 Å². The Balaban J connectivity index is 1.65. The Kier molecular flexibility index (Phi) is 4.09. The molecule has 0 amide bonds. The summed E-state index contributed by atoms with van der Waals surface area (Å²) in [6.45, 7) is 0. The summed E-state index contributed by atoms with van der Waals surface area (Å²) in [6.07, 6.45) is 0. The first kappa shape index (κ1) is 15.1. The number of nitrogens with zero attached hydrogens (tertiary/aromatic N) is 2. The van der Waals surface area contributed by atoms with E-state index in [1.54, 1.807) is 23.5 Å². The second-order valence-corrected chi connectivity index (χ2v) is 7.84. The van der Waals surface area contributed by atoms with Crippen LogP contribution in [0.25, 0.3) is 10.9 Å². The maximum Gasteiger partial charge on any atom is 0.262 e. The van der Waals surface area contributed by atoms with Crippen LogP contribution >= 0.6 is 35.1 Å². The van der Waals surface area contributed by atoms with Gasteiger partial charge in [0.05, 0.1) is 16.9 Å². The summed E-state index contributed by atoms with van der Waals surface area (Å²) in [5, 5.41) is 2.25. The molecule has 1 aliphatic heterocycles. The molecule has 23 heavy (non-hydrogen) atoms. The zero-order valence-corrected chi connectivity index (χ0v) is 14.5. The molecular weight excluding hydrogens is 348 g/mol. The molecule has 3 nitrogen and oxygen atoms in total. The normalized spacial score (nSPS) is 16.7. The van der Waals surface area contributed by atoms with Crippen LogP contribution in [0.2, 0.25) is 5.02 Å². The van der Waals surface area contributed by atoms with Gasteiger partial charge in [-0.1, -0.05) is 41.6 Å². The number of fused-ring (bicyclic) bond motifs is 2. The van der Waals surface area contributed by atoms with E-state index < -0.39 is 0 Å². The lowest BCUT2D eigenvalue weighted by molar-refractivity contribution is 0.558. The third-order valence-electron chi connectivity index (χ3n) is 3.78. The molecular formula is C17H13ClN2OS2. The molecule has 116 valence electrons. The molecule has 1 atom stereocenters. The molecule has 1 aliphatic rings. The van der Waals surface area contributed by atoms with Gasteiger partial charge in [0.25, 0.3) is 5.56 Å². The van der Waals surface area contributed by atoms with Crippen molar-refractivity contribution in [2.75, 3.05) is 11.5 Å². The van der Waals surface area contributed by atoms with Crippen LogP contribution in [0, 0.1) is 0 Å². The van der Waals surface area contributed by atoms with Crippen LogP contribution in [0.15, 0.2) is 63.4 Å². The Morgan fingerprint density at radius 2 is 2.13 bits per heavy atom. The van der Waals surface area contributed by atoms with Crippen molar-refractivity contribution < 1.29 is 0 Å². The Morgan fingerprint density at radius 1 is 1.26 bits per heavy atom. The molecule has 0 saturated carbocycles. The summed E-state index contributed by atoms with van der Waals surface area (Å²) in [7, 11) is 0. The lowest BCUT2D eigenvalue weighted by atomic mass is 10.2. The van der Waals surface area contributed by atoms with Gasteiger partial charge in [0.2, 0.25) is 0 Å². The summed E-state index contributed by atoms with van der Waals surface area (Å²) >= 11 is 9.41. The predicted octanol–water partition coefficient (Wildman–Crippen LogP) is 4.49. The Bertz CT molecular complexity index is 941. The van der Waals surface area contributed by atoms with Gasteiger partial charge in [-0.15, -0.1) is 11.8 Å². The number of hydrogen-bond acceptors (Lipinski definition) is 4. The van der Waals surface area contributed by atoms with E-state index in [0.717, 1.165) is 32.1 Å². The van der Waals surface area contributed by atoms with Crippen LogP contribution in [0.3, 0.4) is 0 Å². The summed E-state index contributed by atoms with van der Waals surface area (Å²) in [4.78, 5) is 18.5. The third kappa shape index (κ3) is 2.89. The van der Waals surface area contributed by atoms with Gasteiger partial charge in [-0.2, -0.15) is 0 Å². The Hall–Kier alpha value is -1.43. The highest BCUT2D eigenvalue weighted by atomic mass is 35.5. The quantitative estimate of drug-likeness (QED) is 0.509. The van der Waals surface area contributed by atoms with Crippen LogP contribution in [-0.4, -0.2) is 21.1 Å². The van der Waals surface area contributed by atoms with E-state index >= 15 is 0 Å². The highest BCUT2D eigenvalue weighted by Crippen LogP contribution is 2.35. The smallest absolute Gasteiger partial charge is 0.262 e. The number of para-hydroxylation sites is 1. The monoisotopic (exact) mass is 360 g/mol. The SMILES string of the molecule is O=c1c2ccccc2nc2n1C(CSc1cccc(Cl)c1)CS2. The summed E-state index contributed by atoms with van der Waals surface area (Å²) < 4.78 is 1.85. The molecule has 1 aromatic heterocycles. The van der Waals surface area contributed by atoms with E-state index in [1.165, 1.54) is 0 Å². The second-order valence-electron chi connectivity index (χ2n) is 5.32. The van der Waals surface area contributed by atoms with Gasteiger partial charge in [-0.25, -0.2) is 4.98 Å². The van der Waals surface area contributed by atoms with Crippen molar-refractivity contribution in [1.29, 1.82) is 0 Å². The van der Waals surface area contributed by atoms with E-state index in [0.29, 0.717) is 5.39 Å². The van der Waals surface area contributed by atoms with Gasteiger partial charge >= 0.3 is 0 Å². The number of thioether (sulfide) groups is 2. The molecule has 0 saturated heterocycles. The number of benzene rings is 2. The molecule has 2 aromatic carbocycles. The van der Waals surface area contributed by atoms with Gasteiger partial charge < -0.3 is 0 Å². The number of halogens is 1. The lowest BCUT2D eigenvalue weighted by Crippen LogP contribution is -2.25. The van der Waals surface area contributed by atoms with Gasteiger partial charge in [-0.3, -0.25) is 9.36 Å². The molecule has 0 N–H and O–H groups in total. The van der Waals surface area contributed by atoms with Gasteiger partial charge in [0, 0.05) is 21.4 Å². The third-order valence-corrected chi connectivity index (χ3v) is 6.26. The zero-order chi connectivity index (χ0) is 15.8. The van der Waals surface area contributed by atoms with E-state index in [9.17, 15) is 4.79 Å². The fraction of sp³-hybridized carbons (Fsp3) is 0.176. The van der Waals surface area contributed by atoms with E-state index in [2.05, 4.69) is 4.98 Å². The fourth-order valence-electron chi connectivity index (χ4n) is 2.67. The van der Waals surface area contributed by atoms with Crippen molar-refractivity contribution in [1.82, 2.24) is 9.55 Å². The Morgan fingerprint density at radius 3 is 3.00 bits per heavy atom. The van der Waals surface area contributed by atoms with Crippen molar-refractivity contribution in [3.8, 4) is 0 Å². The van der Waals surface area contributed by atoms with Crippen molar-refractivity contribution in [3.63, 3.8) is 0 Å². The van der Waals surface area contributed by atoms with Crippen LogP contribution < -0.4 is 5.56 Å². The predicted molar refractivity (Wildman–Crippen MR) is 97.9 cm³/mol. The van der Waals surface area contributed by atoms with Gasteiger partial charge in [-0.05, 0) is 30.3 Å². The summed E-state index contributed by atoms with van der Waals surface area (Å²) in [5.41, 5.74) is 0.840. The zero-order valence-electron chi connectivity index (χ0n) is 12.1. The van der Waals surface area contributed by atoms with Crippen molar-refractivity contribution in [2.45, 2.75) is 16.1 Å². The van der Waals surface area contributed by atoms with Crippen LogP contribution in [-0.2, 0) is 0 Å². The van der Waals surface area contributed by atoms with E-state index in [4.69, 9.17) is 11.6 Å². The molecule has 2 heterocycles. The molecule has 4 rings (SSSR count). The largest absolute Gasteiger partial charge is 0.282 e. The summed E-state index contributed by atoms with van der Waals surface area (Å²) in [6, 6.07) is 15.5. The molecule has 3 aromatic rings. The molecule has 0 bridgehead atoms. The topological polar surface area (TPSA) is 34.9 Å². The number of rotatable bonds is 3. The standard InChI is InChI=1S/C17H13ClN2OS2/c18-11-4-3-5-13(8-11)22-9-12-10-23-17-19-15-7-2-1-6-14(15)16(21)20(12)17/h1-8,12H,9-10H2. The minimum absolute atomic E-state index is 0.0623. The maximum atomic E-state index is 12.8. The second kappa shape index (κ2) is 6.23. The number of hydrogen-bond donors (Lipinski definition) is 0. The minimum atomic E-state index is 0.0623. The molecule has 0 aliphatic carbocycles. The number of aromatic nitrogens is 2. The molecule has 0 fully saturated rings. The molecule has 0 spiro atoms. The average molecular weight is 361 g/mol. The minimum Gasteiger partial charge on any atom is -0.282 e. The van der Waals surface area contributed by atoms with E-state index in [-0.39, 0.29) is 11.6 Å². The first-order chi connectivity index (χ1) is 11.2. The van der Waals surface area contributed by atoms with Crippen LogP contribution in [0.4, 0.5) is 0 Å². The Labute approximate surface area is 147 Å².